The fraction of sp³-hybridized carbons (Fsp3) is 0.562. The van der Waals surface area contributed by atoms with Crippen LogP contribution in [0.2, 0.25) is 0 Å². The number of hydrogen-bond acceptors (Lipinski definition) is 5. The number of nitrogens with zero attached hydrogens (tertiary/aromatic N) is 4. The van der Waals surface area contributed by atoms with Gasteiger partial charge in [0.05, 0.1) is 12.0 Å². The van der Waals surface area contributed by atoms with E-state index < -0.39 is 5.60 Å². The van der Waals surface area contributed by atoms with Crippen LogP contribution in [0.5, 0.6) is 0 Å². The second kappa shape index (κ2) is 6.16. The fourth-order valence-corrected chi connectivity index (χ4v) is 2.75. The highest BCUT2D eigenvalue weighted by molar-refractivity contribution is 5.77. The third-order valence-corrected chi connectivity index (χ3v) is 4.28. The minimum Gasteiger partial charge on any atom is -0.378 e. The van der Waals surface area contributed by atoms with Gasteiger partial charge in [-0.2, -0.15) is 0 Å². The zero-order valence-corrected chi connectivity index (χ0v) is 13.8. The van der Waals surface area contributed by atoms with Gasteiger partial charge in [0.1, 0.15) is 5.82 Å². The maximum absolute atomic E-state index is 12.3. The van der Waals surface area contributed by atoms with Gasteiger partial charge in [-0.1, -0.05) is 0 Å². The van der Waals surface area contributed by atoms with Gasteiger partial charge < -0.3 is 15.0 Å². The molecule has 23 heavy (non-hydrogen) atoms. The van der Waals surface area contributed by atoms with E-state index in [1.165, 1.54) is 0 Å². The van der Waals surface area contributed by atoms with Crippen molar-refractivity contribution in [2.75, 3.05) is 25.5 Å². The van der Waals surface area contributed by atoms with E-state index in [4.69, 9.17) is 4.74 Å². The molecule has 7 heteroatoms. The molecule has 0 aliphatic carbocycles. The number of hydrogen-bond donors (Lipinski definition) is 1. The number of aromatic nitrogens is 3. The minimum absolute atomic E-state index is 0.138. The van der Waals surface area contributed by atoms with E-state index in [0.29, 0.717) is 13.0 Å². The summed E-state index contributed by atoms with van der Waals surface area (Å²) in [5.74, 6) is 0.936. The highest BCUT2D eigenvalue weighted by Crippen LogP contribution is 2.19. The average molecular weight is 317 g/mol. The van der Waals surface area contributed by atoms with Gasteiger partial charge in [-0.15, -0.1) is 5.10 Å². The first-order valence-electron chi connectivity index (χ1n) is 7.87. The topological polar surface area (TPSA) is 71.8 Å². The molecule has 0 aromatic carbocycles. The number of methoxy groups -OCH3 is 1. The molecule has 1 N–H and O–H groups in total. The van der Waals surface area contributed by atoms with Crippen molar-refractivity contribution in [3.05, 3.63) is 24.5 Å². The molecule has 1 atom stereocenters. The summed E-state index contributed by atoms with van der Waals surface area (Å²) in [6.45, 7) is 5.33. The monoisotopic (exact) mass is 317 g/mol. The summed E-state index contributed by atoms with van der Waals surface area (Å²) in [6.07, 6.45) is 4.86. The Bertz CT molecular complexity index is 697. The number of anilines is 1. The first kappa shape index (κ1) is 15.7. The third-order valence-electron chi connectivity index (χ3n) is 4.28. The predicted molar refractivity (Wildman–Crippen MR) is 87.3 cm³/mol. The fourth-order valence-electron chi connectivity index (χ4n) is 2.75. The van der Waals surface area contributed by atoms with E-state index in [2.05, 4.69) is 15.4 Å². The van der Waals surface area contributed by atoms with Crippen molar-refractivity contribution in [3.8, 4) is 0 Å². The van der Waals surface area contributed by atoms with Crippen LogP contribution >= 0.6 is 0 Å². The van der Waals surface area contributed by atoms with Crippen LogP contribution in [0.15, 0.2) is 24.5 Å². The van der Waals surface area contributed by atoms with Gasteiger partial charge in [0, 0.05) is 38.6 Å². The highest BCUT2D eigenvalue weighted by atomic mass is 16.5. The van der Waals surface area contributed by atoms with Crippen molar-refractivity contribution >= 4 is 17.4 Å². The number of fused-ring (bicyclic) bond motifs is 1. The molecule has 7 nitrogen and oxygen atoms in total. The number of likely N-dealkylation sites (tertiary alicyclic amines) is 1. The first-order chi connectivity index (χ1) is 11.0. The lowest BCUT2D eigenvalue weighted by Crippen LogP contribution is -2.37. The lowest BCUT2D eigenvalue weighted by atomic mass is 10.0. The Morgan fingerprint density at radius 1 is 1.48 bits per heavy atom. The lowest BCUT2D eigenvalue weighted by molar-refractivity contribution is -0.135. The van der Waals surface area contributed by atoms with E-state index >= 15 is 0 Å². The largest absolute Gasteiger partial charge is 0.378 e. The van der Waals surface area contributed by atoms with E-state index in [-0.39, 0.29) is 11.9 Å². The van der Waals surface area contributed by atoms with E-state index in [1.54, 1.807) is 17.8 Å². The molecule has 1 aliphatic heterocycles. The molecular weight excluding hydrogens is 294 g/mol. The van der Waals surface area contributed by atoms with Gasteiger partial charge in [0.15, 0.2) is 5.65 Å². The summed E-state index contributed by atoms with van der Waals surface area (Å²) in [7, 11) is 1.64. The highest BCUT2D eigenvalue weighted by Gasteiger charge is 2.30. The molecule has 0 bridgehead atoms. The minimum atomic E-state index is -0.420. The molecule has 1 aliphatic rings. The predicted octanol–water partition coefficient (Wildman–Crippen LogP) is 1.56. The van der Waals surface area contributed by atoms with E-state index in [0.717, 1.165) is 24.4 Å². The molecule has 0 radical (unpaired) electrons. The molecular formula is C16H23N5O2. The number of amides is 1. The number of carbonyl (C=O) groups is 1. The Morgan fingerprint density at radius 3 is 3.09 bits per heavy atom. The standard InChI is InChI=1S/C16H23N5O2/c1-16(2,23-3)10-15(22)20-8-6-12(11-20)18-13-4-5-14-17-7-9-21(14)19-13/h4-5,7,9,12H,6,8,10-11H2,1-3H3,(H,18,19). The van der Waals surface area contributed by atoms with Crippen molar-refractivity contribution in [3.63, 3.8) is 0 Å². The van der Waals surface area contributed by atoms with Crippen molar-refractivity contribution in [2.45, 2.75) is 38.3 Å². The number of ether oxygens (including phenoxy) is 1. The lowest BCUT2D eigenvalue weighted by Gasteiger charge is -2.25. The van der Waals surface area contributed by atoms with Gasteiger partial charge in [-0.3, -0.25) is 4.79 Å². The van der Waals surface area contributed by atoms with Crippen LogP contribution in [-0.2, 0) is 9.53 Å². The van der Waals surface area contributed by atoms with Crippen molar-refractivity contribution in [2.24, 2.45) is 0 Å². The summed E-state index contributed by atoms with van der Waals surface area (Å²) in [6, 6.07) is 4.06. The SMILES string of the molecule is COC(C)(C)CC(=O)N1CCC(Nc2ccc3nccn3n2)C1. The number of rotatable bonds is 5. The molecule has 3 heterocycles. The number of nitrogens with one attached hydrogen (secondary N) is 1. The molecule has 124 valence electrons. The average Bonchev–Trinajstić information content (AvgIpc) is 3.15. The Balaban J connectivity index is 1.58. The van der Waals surface area contributed by atoms with Crippen LogP contribution in [-0.4, -0.2) is 57.2 Å². The van der Waals surface area contributed by atoms with Gasteiger partial charge in [0.25, 0.3) is 0 Å². The molecule has 2 aromatic rings. The van der Waals surface area contributed by atoms with Gasteiger partial charge in [0.2, 0.25) is 5.91 Å². The van der Waals surface area contributed by atoms with Crippen molar-refractivity contribution in [1.82, 2.24) is 19.5 Å². The Morgan fingerprint density at radius 2 is 2.30 bits per heavy atom. The van der Waals surface area contributed by atoms with Crippen molar-refractivity contribution in [1.29, 1.82) is 0 Å². The van der Waals surface area contributed by atoms with Gasteiger partial charge >= 0.3 is 0 Å². The molecule has 1 unspecified atom stereocenters. The molecule has 0 spiro atoms. The van der Waals surface area contributed by atoms with Crippen LogP contribution in [0.3, 0.4) is 0 Å². The van der Waals surface area contributed by atoms with Crippen LogP contribution in [0.25, 0.3) is 5.65 Å². The maximum Gasteiger partial charge on any atom is 0.225 e. The van der Waals surface area contributed by atoms with E-state index in [1.807, 2.05) is 37.1 Å². The quantitative estimate of drug-likeness (QED) is 0.906. The van der Waals surface area contributed by atoms with Crippen LogP contribution in [0, 0.1) is 0 Å². The zero-order valence-electron chi connectivity index (χ0n) is 13.8. The summed E-state index contributed by atoms with van der Waals surface area (Å²) >= 11 is 0. The smallest absolute Gasteiger partial charge is 0.225 e. The zero-order chi connectivity index (χ0) is 16.4. The van der Waals surface area contributed by atoms with E-state index in [9.17, 15) is 4.79 Å². The van der Waals surface area contributed by atoms with Crippen LogP contribution in [0.4, 0.5) is 5.82 Å². The van der Waals surface area contributed by atoms with Gasteiger partial charge in [-0.25, -0.2) is 9.50 Å². The van der Waals surface area contributed by atoms with Crippen LogP contribution < -0.4 is 5.32 Å². The molecule has 3 rings (SSSR count). The number of carbonyl (C=O) groups excluding carboxylic acids is 1. The second-order valence-corrected chi connectivity index (χ2v) is 6.56. The summed E-state index contributed by atoms with van der Waals surface area (Å²) in [5.41, 5.74) is 0.400. The summed E-state index contributed by atoms with van der Waals surface area (Å²) < 4.78 is 7.08. The normalized spacial score (nSPS) is 18.6. The number of imidazole rings is 1. The van der Waals surface area contributed by atoms with Gasteiger partial charge in [-0.05, 0) is 32.4 Å². The summed E-state index contributed by atoms with van der Waals surface area (Å²) in [4.78, 5) is 18.4. The first-order valence-corrected chi connectivity index (χ1v) is 7.87. The second-order valence-electron chi connectivity index (χ2n) is 6.56. The molecule has 2 aromatic heterocycles. The molecule has 0 saturated carbocycles. The molecule has 1 amide bonds. The Labute approximate surface area is 135 Å². The Kier molecular flexibility index (Phi) is 4.21. The molecule has 1 saturated heterocycles. The van der Waals surface area contributed by atoms with Crippen LogP contribution in [0.1, 0.15) is 26.7 Å². The maximum atomic E-state index is 12.3. The summed E-state index contributed by atoms with van der Waals surface area (Å²) in [5, 5.41) is 7.86. The third kappa shape index (κ3) is 3.61. The molecule has 1 fully saturated rings. The van der Waals surface area contributed by atoms with Crippen molar-refractivity contribution < 1.29 is 9.53 Å². The Hall–Kier alpha value is -2.15.